The zero-order valence-electron chi connectivity index (χ0n) is 10.9. The topological polar surface area (TPSA) is 3.24 Å². The van der Waals surface area contributed by atoms with Crippen molar-refractivity contribution >= 4 is 0 Å². The van der Waals surface area contributed by atoms with Crippen LogP contribution in [-0.4, -0.2) is 24.5 Å². The van der Waals surface area contributed by atoms with Crippen molar-refractivity contribution in [1.82, 2.24) is 4.90 Å². The van der Waals surface area contributed by atoms with Crippen LogP contribution in [0.4, 0.5) is 13.2 Å². The third-order valence-corrected chi connectivity index (χ3v) is 3.12. The van der Waals surface area contributed by atoms with Crippen molar-refractivity contribution in [2.45, 2.75) is 32.9 Å². The Morgan fingerprint density at radius 2 is 1.56 bits per heavy atom. The molecule has 0 radical (unpaired) electrons. The summed E-state index contributed by atoms with van der Waals surface area (Å²) in [6, 6.07) is 5.47. The maximum absolute atomic E-state index is 12.4. The van der Waals surface area contributed by atoms with E-state index < -0.39 is 11.7 Å². The summed E-state index contributed by atoms with van der Waals surface area (Å²) in [7, 11) is 0. The molecule has 0 aliphatic heterocycles. The van der Waals surface area contributed by atoms with Crippen LogP contribution in [0.5, 0.6) is 0 Å². The fraction of sp³-hybridized carbons (Fsp3) is 0.571. The third kappa shape index (κ3) is 4.69. The molecule has 1 aromatic rings. The molecule has 0 saturated carbocycles. The van der Waals surface area contributed by atoms with Gasteiger partial charge in [0.15, 0.2) is 0 Å². The highest BCUT2D eigenvalue weighted by Gasteiger charge is 2.29. The zero-order valence-corrected chi connectivity index (χ0v) is 10.9. The highest BCUT2D eigenvalue weighted by atomic mass is 19.4. The molecule has 0 aliphatic carbocycles. The molecule has 0 bridgehead atoms. The Bertz CT molecular complexity index is 339. The number of nitrogens with zero attached hydrogens (tertiary/aromatic N) is 1. The van der Waals surface area contributed by atoms with E-state index in [9.17, 15) is 13.2 Å². The summed E-state index contributed by atoms with van der Waals surface area (Å²) < 4.78 is 37.1. The van der Waals surface area contributed by atoms with Gasteiger partial charge in [0.25, 0.3) is 0 Å². The number of hydrogen-bond donors (Lipinski definition) is 0. The van der Waals surface area contributed by atoms with Crippen molar-refractivity contribution < 1.29 is 13.2 Å². The van der Waals surface area contributed by atoms with E-state index in [2.05, 4.69) is 18.7 Å². The Morgan fingerprint density at radius 3 is 2.00 bits per heavy atom. The fourth-order valence-electron chi connectivity index (χ4n) is 1.91. The molecule has 1 rings (SSSR count). The van der Waals surface area contributed by atoms with Gasteiger partial charge in [-0.3, -0.25) is 0 Å². The lowest BCUT2D eigenvalue weighted by Gasteiger charge is -2.17. The normalized spacial score (nSPS) is 12.1. The highest BCUT2D eigenvalue weighted by Crippen LogP contribution is 2.29. The minimum atomic E-state index is -4.24. The first-order valence-corrected chi connectivity index (χ1v) is 6.35. The lowest BCUT2D eigenvalue weighted by molar-refractivity contribution is -0.137. The zero-order chi connectivity index (χ0) is 13.6. The average molecular weight is 259 g/mol. The predicted molar refractivity (Wildman–Crippen MR) is 67.6 cm³/mol. The Hall–Kier alpha value is -1.03. The summed E-state index contributed by atoms with van der Waals surface area (Å²) in [5.41, 5.74) is 0.394. The van der Waals surface area contributed by atoms with Gasteiger partial charge in [-0.05, 0) is 50.2 Å². The Kier molecular flexibility index (Phi) is 5.66. The molecule has 4 heteroatoms. The van der Waals surface area contributed by atoms with E-state index in [1.165, 1.54) is 0 Å². The summed E-state index contributed by atoms with van der Waals surface area (Å²) in [6.07, 6.45) is -2.43. The molecule has 0 unspecified atom stereocenters. The van der Waals surface area contributed by atoms with Crippen LogP contribution >= 0.6 is 0 Å². The highest BCUT2D eigenvalue weighted by molar-refractivity contribution is 5.24. The van der Waals surface area contributed by atoms with Gasteiger partial charge in [0.05, 0.1) is 5.56 Å². The van der Waals surface area contributed by atoms with Gasteiger partial charge in [0.1, 0.15) is 0 Å². The number of hydrogen-bond acceptors (Lipinski definition) is 1. The van der Waals surface area contributed by atoms with Crippen LogP contribution < -0.4 is 0 Å². The van der Waals surface area contributed by atoms with Gasteiger partial charge >= 0.3 is 6.18 Å². The number of alkyl halides is 3. The molecule has 102 valence electrons. The lowest BCUT2D eigenvalue weighted by atomic mass is 10.1. The molecule has 0 heterocycles. The molecule has 0 aliphatic rings. The minimum Gasteiger partial charge on any atom is -0.304 e. The first kappa shape index (κ1) is 15.0. The molecular weight excluding hydrogens is 239 g/mol. The lowest BCUT2D eigenvalue weighted by Crippen LogP contribution is -2.24. The van der Waals surface area contributed by atoms with E-state index in [1.807, 2.05) is 0 Å². The molecule has 0 saturated heterocycles. The monoisotopic (exact) mass is 259 g/mol. The van der Waals surface area contributed by atoms with Crippen molar-refractivity contribution in [3.05, 3.63) is 35.4 Å². The maximum atomic E-state index is 12.4. The van der Waals surface area contributed by atoms with E-state index in [0.717, 1.165) is 50.2 Å². The van der Waals surface area contributed by atoms with E-state index in [4.69, 9.17) is 0 Å². The molecule has 18 heavy (non-hydrogen) atoms. The summed E-state index contributed by atoms with van der Waals surface area (Å²) in [6.45, 7) is 7.25. The van der Waals surface area contributed by atoms with Crippen LogP contribution in [0.3, 0.4) is 0 Å². The van der Waals surface area contributed by atoms with Crippen LogP contribution in [0, 0.1) is 0 Å². The van der Waals surface area contributed by atoms with Crippen LogP contribution in [0.1, 0.15) is 31.4 Å². The number of halogens is 3. The molecule has 1 nitrogen and oxygen atoms in total. The van der Waals surface area contributed by atoms with Gasteiger partial charge in [-0.1, -0.05) is 26.0 Å². The second-order valence-electron chi connectivity index (χ2n) is 4.33. The van der Waals surface area contributed by atoms with Gasteiger partial charge in [-0.2, -0.15) is 13.2 Å². The smallest absolute Gasteiger partial charge is 0.304 e. The molecule has 0 atom stereocenters. The number of rotatable bonds is 6. The molecular formula is C14H20F3N. The minimum absolute atomic E-state index is 0.574. The van der Waals surface area contributed by atoms with Crippen molar-refractivity contribution in [2.24, 2.45) is 0 Å². The fourth-order valence-corrected chi connectivity index (χ4v) is 1.91. The van der Waals surface area contributed by atoms with Gasteiger partial charge < -0.3 is 4.90 Å². The summed E-state index contributed by atoms with van der Waals surface area (Å²) >= 11 is 0. The molecule has 0 aromatic heterocycles. The number of benzene rings is 1. The second kappa shape index (κ2) is 6.78. The summed E-state index contributed by atoms with van der Waals surface area (Å²) in [5, 5.41) is 0. The van der Waals surface area contributed by atoms with Gasteiger partial charge in [-0.25, -0.2) is 0 Å². The van der Waals surface area contributed by atoms with Crippen LogP contribution in [0.2, 0.25) is 0 Å². The molecule has 0 fully saturated rings. The van der Waals surface area contributed by atoms with Crippen LogP contribution in [-0.2, 0) is 12.6 Å². The van der Waals surface area contributed by atoms with Crippen molar-refractivity contribution in [2.75, 3.05) is 19.6 Å². The quantitative estimate of drug-likeness (QED) is 0.747. The van der Waals surface area contributed by atoms with Crippen molar-refractivity contribution in [1.29, 1.82) is 0 Å². The second-order valence-corrected chi connectivity index (χ2v) is 4.33. The third-order valence-electron chi connectivity index (χ3n) is 3.12. The van der Waals surface area contributed by atoms with E-state index in [-0.39, 0.29) is 0 Å². The summed E-state index contributed by atoms with van der Waals surface area (Å²) in [5.74, 6) is 0. The first-order chi connectivity index (χ1) is 8.47. The van der Waals surface area contributed by atoms with Crippen molar-refractivity contribution in [3.8, 4) is 0 Å². The van der Waals surface area contributed by atoms with E-state index in [0.29, 0.717) is 0 Å². The SMILES string of the molecule is CCN(CC)CCCc1ccc(C(F)(F)F)cc1. The van der Waals surface area contributed by atoms with Gasteiger partial charge in [0, 0.05) is 0 Å². The summed E-state index contributed by atoms with van der Waals surface area (Å²) in [4.78, 5) is 2.31. The number of aryl methyl sites for hydroxylation is 1. The van der Waals surface area contributed by atoms with Gasteiger partial charge in [-0.15, -0.1) is 0 Å². The largest absolute Gasteiger partial charge is 0.416 e. The van der Waals surface area contributed by atoms with E-state index >= 15 is 0 Å². The average Bonchev–Trinajstić information content (AvgIpc) is 2.34. The molecule has 0 amide bonds. The Labute approximate surface area is 107 Å². The van der Waals surface area contributed by atoms with Gasteiger partial charge in [0.2, 0.25) is 0 Å². The van der Waals surface area contributed by atoms with Crippen LogP contribution in [0.25, 0.3) is 0 Å². The first-order valence-electron chi connectivity index (χ1n) is 6.35. The molecule has 0 spiro atoms. The standard InChI is InChI=1S/C14H20F3N/c1-3-18(4-2)11-5-6-12-7-9-13(10-8-12)14(15,16)17/h7-10H,3-6,11H2,1-2H3. The molecule has 1 aromatic carbocycles. The van der Waals surface area contributed by atoms with E-state index in [1.54, 1.807) is 12.1 Å². The Balaban J connectivity index is 2.45. The Morgan fingerprint density at radius 1 is 1.00 bits per heavy atom. The van der Waals surface area contributed by atoms with Crippen LogP contribution in [0.15, 0.2) is 24.3 Å². The maximum Gasteiger partial charge on any atom is 0.416 e. The van der Waals surface area contributed by atoms with Crippen molar-refractivity contribution in [3.63, 3.8) is 0 Å². The predicted octanol–water partition coefficient (Wildman–Crippen LogP) is 3.98. The molecule has 0 N–H and O–H groups in total.